The van der Waals surface area contributed by atoms with Gasteiger partial charge in [0.05, 0.1) is 75.4 Å². The van der Waals surface area contributed by atoms with E-state index >= 15 is 0 Å². The Kier molecular flexibility index (Phi) is 11.6. The molecule has 0 unspecified atom stereocenters. The summed E-state index contributed by atoms with van der Waals surface area (Å²) in [5.41, 5.74) is 10.5. The van der Waals surface area contributed by atoms with Crippen LogP contribution >= 0.6 is 22.7 Å². The highest BCUT2D eigenvalue weighted by Gasteiger charge is 2.21. The summed E-state index contributed by atoms with van der Waals surface area (Å²) in [6.07, 6.45) is 3.02. The van der Waals surface area contributed by atoms with Crippen molar-refractivity contribution >= 4 is 67.1 Å². The van der Waals surface area contributed by atoms with Gasteiger partial charge in [0.2, 0.25) is 11.8 Å². The third kappa shape index (κ3) is 8.28. The molecule has 0 spiro atoms. The maximum absolute atomic E-state index is 12.8. The number of carboxylic acid groups (broad SMARTS) is 1. The molecule has 0 fully saturated rings. The van der Waals surface area contributed by atoms with E-state index < -0.39 is 12.2 Å². The zero-order valence-corrected chi connectivity index (χ0v) is 30.9. The first-order chi connectivity index (χ1) is 25.7. The first-order valence-electron chi connectivity index (χ1n) is 16.9. The maximum atomic E-state index is 12.8. The van der Waals surface area contributed by atoms with Gasteiger partial charge in [-0.25, -0.2) is 29.5 Å². The lowest BCUT2D eigenvalue weighted by Gasteiger charge is -2.21. The zero-order chi connectivity index (χ0) is 37.5. The Bertz CT molecular complexity index is 2260. The summed E-state index contributed by atoms with van der Waals surface area (Å²) in [7, 11) is 1.25. The van der Waals surface area contributed by atoms with E-state index in [2.05, 4.69) is 35.3 Å². The Morgan fingerprint density at radius 1 is 0.717 bits per heavy atom. The van der Waals surface area contributed by atoms with Crippen molar-refractivity contribution in [2.45, 2.75) is 39.8 Å². The number of carbonyl (C=O) groups is 4. The first kappa shape index (κ1) is 36.9. The number of aromatic amines is 2. The van der Waals surface area contributed by atoms with Crippen molar-refractivity contribution in [3.8, 4) is 33.6 Å². The van der Waals surface area contributed by atoms with Crippen LogP contribution in [-0.4, -0.2) is 102 Å². The number of aromatic nitrogens is 6. The third-order valence-corrected chi connectivity index (χ3v) is 10.1. The quantitative estimate of drug-likeness (QED) is 0.0893. The molecule has 0 aliphatic rings. The molecular formula is C35H38N10O6S2. The Hall–Kier alpha value is -5.88. The molecule has 0 saturated heterocycles. The fraction of sp³-hybridized carbons (Fsp3) is 0.314. The zero-order valence-electron chi connectivity index (χ0n) is 29.3. The number of nitrogens with zero attached hydrogens (tertiary/aromatic N) is 6. The highest BCUT2D eigenvalue weighted by Crippen LogP contribution is 2.41. The molecule has 16 nitrogen and oxygen atoms in total. The average Bonchev–Trinajstić information content (AvgIpc) is 3.99. The Balaban J connectivity index is 1.24. The van der Waals surface area contributed by atoms with Gasteiger partial charge in [-0.3, -0.25) is 9.59 Å². The number of alkyl carbamates (subject to hydrolysis) is 1. The second-order valence-corrected chi connectivity index (χ2v) is 13.7. The van der Waals surface area contributed by atoms with Crippen LogP contribution in [0.25, 0.3) is 54.1 Å². The fourth-order valence-electron chi connectivity index (χ4n) is 6.00. The van der Waals surface area contributed by atoms with E-state index in [9.17, 15) is 19.2 Å². The van der Waals surface area contributed by atoms with Crippen molar-refractivity contribution in [3.05, 3.63) is 59.3 Å². The standard InChI is InChI=1S/C35H38N10O6S2/c1-4-10-44(28(46)14-38-34(48)49)16-26-36-12-24(42-26)22-8-6-20(30-32(22)52-18-40-30)21-7-9-23(33-31(21)41-19-53-33)25-13-37-27(43-25)17-45(11-5-2)29(47)15-39-35(50)51-3/h6-9,12-13,18-19,38H,4-5,10-11,14-17H2,1-3H3,(H,36,42)(H,37,43)(H,39,50)(H,48,49). The van der Waals surface area contributed by atoms with E-state index in [4.69, 9.17) is 15.1 Å². The van der Waals surface area contributed by atoms with Crippen molar-refractivity contribution < 1.29 is 29.0 Å². The molecular weight excluding hydrogens is 721 g/mol. The van der Waals surface area contributed by atoms with E-state index in [0.717, 1.165) is 60.5 Å². The number of benzene rings is 2. The molecule has 276 valence electrons. The molecule has 0 bridgehead atoms. The first-order valence-corrected chi connectivity index (χ1v) is 18.6. The Labute approximate surface area is 311 Å². The largest absolute Gasteiger partial charge is 0.465 e. The normalized spacial score (nSPS) is 11.2. The molecule has 4 amide bonds. The van der Waals surface area contributed by atoms with E-state index in [1.54, 1.807) is 22.2 Å². The predicted octanol–water partition coefficient (Wildman–Crippen LogP) is 5.45. The molecule has 4 heterocycles. The van der Waals surface area contributed by atoms with E-state index in [-0.39, 0.29) is 38.0 Å². The van der Waals surface area contributed by atoms with Crippen LogP contribution in [0.2, 0.25) is 0 Å². The summed E-state index contributed by atoms with van der Waals surface area (Å²) in [5.74, 6) is 0.629. The fourth-order valence-corrected chi connectivity index (χ4v) is 7.68. The summed E-state index contributed by atoms with van der Waals surface area (Å²) in [5, 5.41) is 13.5. The summed E-state index contributed by atoms with van der Waals surface area (Å²) >= 11 is 3.04. The summed E-state index contributed by atoms with van der Waals surface area (Å²) < 4.78 is 6.51. The lowest BCUT2D eigenvalue weighted by molar-refractivity contribution is -0.131. The lowest BCUT2D eigenvalue weighted by atomic mass is 9.98. The minimum atomic E-state index is -1.25. The molecule has 0 atom stereocenters. The number of hydrogen-bond donors (Lipinski definition) is 5. The number of carbonyl (C=O) groups excluding carboxylic acids is 3. The van der Waals surface area contributed by atoms with Crippen LogP contribution in [0.4, 0.5) is 9.59 Å². The number of rotatable bonds is 15. The molecule has 53 heavy (non-hydrogen) atoms. The van der Waals surface area contributed by atoms with Crippen molar-refractivity contribution in [2.24, 2.45) is 0 Å². The molecule has 6 aromatic rings. The topological polar surface area (TPSA) is 211 Å². The summed E-state index contributed by atoms with van der Waals surface area (Å²) in [6, 6.07) is 8.12. The van der Waals surface area contributed by atoms with Gasteiger partial charge in [0.15, 0.2) is 0 Å². The third-order valence-electron chi connectivity index (χ3n) is 8.43. The highest BCUT2D eigenvalue weighted by atomic mass is 32.1. The molecule has 2 aromatic carbocycles. The molecule has 0 aliphatic heterocycles. The monoisotopic (exact) mass is 758 g/mol. The van der Waals surface area contributed by atoms with Gasteiger partial charge in [-0.15, -0.1) is 22.7 Å². The number of nitrogens with one attached hydrogen (secondary N) is 4. The Morgan fingerprint density at radius 3 is 1.60 bits per heavy atom. The number of amides is 4. The minimum Gasteiger partial charge on any atom is -0.465 e. The predicted molar refractivity (Wildman–Crippen MR) is 201 cm³/mol. The van der Waals surface area contributed by atoms with E-state index in [1.807, 2.05) is 49.1 Å². The number of H-pyrrole nitrogens is 2. The van der Waals surface area contributed by atoms with E-state index in [0.29, 0.717) is 31.2 Å². The molecule has 0 saturated carbocycles. The number of hydrogen-bond acceptors (Lipinski definition) is 11. The van der Waals surface area contributed by atoms with Crippen LogP contribution in [0.5, 0.6) is 0 Å². The molecule has 5 N–H and O–H groups in total. The van der Waals surface area contributed by atoms with Gasteiger partial charge < -0.3 is 40.2 Å². The van der Waals surface area contributed by atoms with Crippen molar-refractivity contribution in [3.63, 3.8) is 0 Å². The smallest absolute Gasteiger partial charge is 0.407 e. The highest BCUT2D eigenvalue weighted by molar-refractivity contribution is 7.17. The van der Waals surface area contributed by atoms with Crippen molar-refractivity contribution in [1.29, 1.82) is 0 Å². The van der Waals surface area contributed by atoms with Crippen LogP contribution in [0, 0.1) is 0 Å². The summed E-state index contributed by atoms with van der Waals surface area (Å²) in [4.78, 5) is 76.4. The number of imidazole rings is 2. The van der Waals surface area contributed by atoms with Gasteiger partial charge in [-0.05, 0) is 12.8 Å². The van der Waals surface area contributed by atoms with Crippen LogP contribution in [0.3, 0.4) is 0 Å². The number of methoxy groups -OCH3 is 1. The van der Waals surface area contributed by atoms with Crippen molar-refractivity contribution in [2.75, 3.05) is 33.3 Å². The second kappa shape index (κ2) is 16.6. The lowest BCUT2D eigenvalue weighted by Crippen LogP contribution is -2.40. The average molecular weight is 759 g/mol. The second-order valence-electron chi connectivity index (χ2n) is 12.0. The van der Waals surface area contributed by atoms with Gasteiger partial charge in [-0.1, -0.05) is 38.1 Å². The minimum absolute atomic E-state index is 0.172. The Morgan fingerprint density at radius 2 is 1.17 bits per heavy atom. The van der Waals surface area contributed by atoms with Crippen LogP contribution in [0.1, 0.15) is 38.3 Å². The number of fused-ring (bicyclic) bond motifs is 2. The maximum Gasteiger partial charge on any atom is 0.407 e. The van der Waals surface area contributed by atoms with Gasteiger partial charge in [0.1, 0.15) is 24.7 Å². The molecule has 0 radical (unpaired) electrons. The van der Waals surface area contributed by atoms with Gasteiger partial charge in [0, 0.05) is 35.3 Å². The molecule has 18 heteroatoms. The summed E-state index contributed by atoms with van der Waals surface area (Å²) in [6.45, 7) is 4.89. The number of thiazole rings is 2. The van der Waals surface area contributed by atoms with Gasteiger partial charge in [0.25, 0.3) is 0 Å². The van der Waals surface area contributed by atoms with Crippen LogP contribution in [-0.2, 0) is 27.4 Å². The molecule has 6 rings (SSSR count). The van der Waals surface area contributed by atoms with Gasteiger partial charge >= 0.3 is 12.2 Å². The van der Waals surface area contributed by atoms with Crippen molar-refractivity contribution in [1.82, 2.24) is 50.3 Å². The molecule has 0 aliphatic carbocycles. The molecule has 4 aromatic heterocycles. The SMILES string of the molecule is CCCN(Cc1ncc(-c2ccc(-c3ccc(-c4cnc(CN(CCC)C(=O)CNC(=O)OC)[nH]4)c4scnc34)c3ncsc23)[nH]1)C(=O)CNC(=O)O. The van der Waals surface area contributed by atoms with Crippen LogP contribution < -0.4 is 10.6 Å². The van der Waals surface area contributed by atoms with Gasteiger partial charge in [-0.2, -0.15) is 0 Å². The number of ether oxygens (including phenoxy) is 1. The van der Waals surface area contributed by atoms with Crippen LogP contribution in [0.15, 0.2) is 47.7 Å². The van der Waals surface area contributed by atoms with E-state index in [1.165, 1.54) is 29.8 Å².